The quantitative estimate of drug-likeness (QED) is 0.339. The lowest BCUT2D eigenvalue weighted by Gasteiger charge is -2.19. The Kier molecular flexibility index (Phi) is 8.34. The number of amides is 1. The van der Waals surface area contributed by atoms with Gasteiger partial charge in [0.25, 0.3) is 5.91 Å². The highest BCUT2D eigenvalue weighted by Crippen LogP contribution is 2.48. The molecule has 0 radical (unpaired) electrons. The van der Waals surface area contributed by atoms with Crippen LogP contribution in [0, 0.1) is 0 Å². The van der Waals surface area contributed by atoms with Gasteiger partial charge in [-0.2, -0.15) is 0 Å². The molecule has 0 saturated heterocycles. The van der Waals surface area contributed by atoms with Crippen LogP contribution in [0.1, 0.15) is 34.3 Å². The summed E-state index contributed by atoms with van der Waals surface area (Å²) in [6.45, 7) is 1.46. The van der Waals surface area contributed by atoms with E-state index < -0.39 is 0 Å². The summed E-state index contributed by atoms with van der Waals surface area (Å²) in [5.74, 6) is 0.773. The number of rotatable bonds is 6. The van der Waals surface area contributed by atoms with Crippen LogP contribution in [0.15, 0.2) is 53.5 Å². The van der Waals surface area contributed by atoms with E-state index in [4.69, 9.17) is 11.6 Å². The van der Waals surface area contributed by atoms with Crippen molar-refractivity contribution in [1.82, 2.24) is 15.5 Å². The second-order valence-corrected chi connectivity index (χ2v) is 7.90. The molecule has 29 heavy (non-hydrogen) atoms. The fourth-order valence-electron chi connectivity index (χ4n) is 3.22. The number of carbonyl (C=O) groups excluding carboxylic acids is 1. The van der Waals surface area contributed by atoms with E-state index in [2.05, 4.69) is 27.8 Å². The number of carbonyl (C=O) groups is 1. The number of halogens is 2. The SMILES string of the molecule is CN=C(NCc1ccc(C(=O)N(C)C)cc1)NCC1(c2cccc(Cl)c2)CC1.I. The zero-order valence-electron chi connectivity index (χ0n) is 17.0. The Hall–Kier alpha value is -1.80. The Morgan fingerprint density at radius 1 is 1.14 bits per heavy atom. The number of nitrogens with zero attached hydrogens (tertiary/aromatic N) is 2. The summed E-state index contributed by atoms with van der Waals surface area (Å²) in [5.41, 5.74) is 3.21. The zero-order chi connectivity index (χ0) is 20.1. The molecule has 2 aromatic carbocycles. The molecular formula is C22H28ClIN4O. The van der Waals surface area contributed by atoms with E-state index in [-0.39, 0.29) is 35.3 Å². The number of aliphatic imine (C=N–C) groups is 1. The van der Waals surface area contributed by atoms with Crippen molar-refractivity contribution < 1.29 is 4.79 Å². The molecule has 1 aliphatic carbocycles. The minimum atomic E-state index is 0. The van der Waals surface area contributed by atoms with E-state index >= 15 is 0 Å². The minimum absolute atomic E-state index is 0. The normalized spacial score (nSPS) is 14.6. The molecule has 1 fully saturated rings. The van der Waals surface area contributed by atoms with E-state index in [9.17, 15) is 4.79 Å². The third-order valence-electron chi connectivity index (χ3n) is 5.18. The number of benzene rings is 2. The predicted octanol–water partition coefficient (Wildman–Crippen LogP) is 4.06. The molecule has 156 valence electrons. The van der Waals surface area contributed by atoms with Crippen LogP contribution in [0.5, 0.6) is 0 Å². The maximum absolute atomic E-state index is 12.0. The van der Waals surface area contributed by atoms with Crippen LogP contribution in [0.4, 0.5) is 0 Å². The third kappa shape index (κ3) is 6.09. The van der Waals surface area contributed by atoms with Gasteiger partial charge in [0.1, 0.15) is 0 Å². The molecule has 2 aromatic rings. The number of guanidine groups is 1. The summed E-state index contributed by atoms with van der Waals surface area (Å²) in [4.78, 5) is 17.9. The van der Waals surface area contributed by atoms with Crippen molar-refractivity contribution in [3.8, 4) is 0 Å². The Bertz CT molecular complexity index is 863. The van der Waals surface area contributed by atoms with Crippen molar-refractivity contribution in [2.75, 3.05) is 27.7 Å². The van der Waals surface area contributed by atoms with Crippen LogP contribution in [0.3, 0.4) is 0 Å². The van der Waals surface area contributed by atoms with E-state index in [1.54, 1.807) is 26.0 Å². The average molecular weight is 527 g/mol. The second-order valence-electron chi connectivity index (χ2n) is 7.47. The molecule has 7 heteroatoms. The highest BCUT2D eigenvalue weighted by molar-refractivity contribution is 14.0. The summed E-state index contributed by atoms with van der Waals surface area (Å²) in [5, 5.41) is 7.56. The molecular weight excluding hydrogens is 499 g/mol. The van der Waals surface area contributed by atoms with E-state index in [0.717, 1.165) is 35.9 Å². The first-order chi connectivity index (χ1) is 13.4. The van der Waals surface area contributed by atoms with Gasteiger partial charge in [0, 0.05) is 50.2 Å². The van der Waals surface area contributed by atoms with Gasteiger partial charge in [-0.25, -0.2) is 0 Å². The largest absolute Gasteiger partial charge is 0.356 e. The fraction of sp³-hybridized carbons (Fsp3) is 0.364. The lowest BCUT2D eigenvalue weighted by atomic mass is 9.96. The number of nitrogens with one attached hydrogen (secondary N) is 2. The molecule has 0 unspecified atom stereocenters. The maximum atomic E-state index is 12.0. The lowest BCUT2D eigenvalue weighted by molar-refractivity contribution is 0.0827. The van der Waals surface area contributed by atoms with Crippen molar-refractivity contribution in [2.24, 2.45) is 4.99 Å². The van der Waals surface area contributed by atoms with Crippen molar-refractivity contribution in [1.29, 1.82) is 0 Å². The molecule has 0 aliphatic heterocycles. The maximum Gasteiger partial charge on any atom is 0.253 e. The smallest absolute Gasteiger partial charge is 0.253 e. The molecule has 1 saturated carbocycles. The van der Waals surface area contributed by atoms with Gasteiger partial charge in [-0.1, -0.05) is 35.9 Å². The molecule has 0 spiro atoms. The van der Waals surface area contributed by atoms with Gasteiger partial charge in [-0.15, -0.1) is 24.0 Å². The van der Waals surface area contributed by atoms with Gasteiger partial charge < -0.3 is 15.5 Å². The minimum Gasteiger partial charge on any atom is -0.356 e. The van der Waals surface area contributed by atoms with Gasteiger partial charge in [0.2, 0.25) is 0 Å². The van der Waals surface area contributed by atoms with Crippen molar-refractivity contribution in [3.05, 3.63) is 70.2 Å². The number of hydrogen-bond donors (Lipinski definition) is 2. The fourth-order valence-corrected chi connectivity index (χ4v) is 3.41. The summed E-state index contributed by atoms with van der Waals surface area (Å²) >= 11 is 6.15. The first-order valence-electron chi connectivity index (χ1n) is 9.45. The van der Waals surface area contributed by atoms with Crippen LogP contribution < -0.4 is 10.6 Å². The molecule has 2 N–H and O–H groups in total. The Morgan fingerprint density at radius 3 is 2.38 bits per heavy atom. The van der Waals surface area contributed by atoms with Crippen LogP contribution in [-0.2, 0) is 12.0 Å². The van der Waals surface area contributed by atoms with Crippen molar-refractivity contribution >= 4 is 47.4 Å². The average Bonchev–Trinajstić information content (AvgIpc) is 3.49. The molecule has 0 atom stereocenters. The van der Waals surface area contributed by atoms with Crippen molar-refractivity contribution in [2.45, 2.75) is 24.8 Å². The molecule has 0 aromatic heterocycles. The van der Waals surface area contributed by atoms with Crippen LogP contribution >= 0.6 is 35.6 Å². The summed E-state index contributed by atoms with van der Waals surface area (Å²) in [6, 6.07) is 15.8. The first kappa shape index (κ1) is 23.5. The van der Waals surface area contributed by atoms with Gasteiger partial charge in [-0.3, -0.25) is 9.79 Å². The third-order valence-corrected chi connectivity index (χ3v) is 5.41. The first-order valence-corrected chi connectivity index (χ1v) is 9.82. The molecule has 3 rings (SSSR count). The Morgan fingerprint density at radius 2 is 1.83 bits per heavy atom. The molecule has 1 aliphatic rings. The molecule has 0 bridgehead atoms. The monoisotopic (exact) mass is 526 g/mol. The lowest BCUT2D eigenvalue weighted by Crippen LogP contribution is -2.40. The molecule has 1 amide bonds. The summed E-state index contributed by atoms with van der Waals surface area (Å²) in [6.07, 6.45) is 2.30. The van der Waals surface area contributed by atoms with Gasteiger partial charge >= 0.3 is 0 Å². The highest BCUT2D eigenvalue weighted by atomic mass is 127. The number of hydrogen-bond acceptors (Lipinski definition) is 2. The summed E-state index contributed by atoms with van der Waals surface area (Å²) in [7, 11) is 5.28. The summed E-state index contributed by atoms with van der Waals surface area (Å²) < 4.78 is 0. The molecule has 0 heterocycles. The highest BCUT2D eigenvalue weighted by Gasteiger charge is 2.44. The Balaban J connectivity index is 0.00000300. The van der Waals surface area contributed by atoms with E-state index in [0.29, 0.717) is 12.1 Å². The zero-order valence-corrected chi connectivity index (χ0v) is 20.1. The second kappa shape index (κ2) is 10.3. The van der Waals surface area contributed by atoms with Crippen molar-refractivity contribution in [3.63, 3.8) is 0 Å². The molecule has 5 nitrogen and oxygen atoms in total. The predicted molar refractivity (Wildman–Crippen MR) is 130 cm³/mol. The Labute approximate surface area is 194 Å². The van der Waals surface area contributed by atoms with Crippen LogP contribution in [-0.4, -0.2) is 44.5 Å². The van der Waals surface area contributed by atoms with Gasteiger partial charge in [0.15, 0.2) is 5.96 Å². The van der Waals surface area contributed by atoms with Gasteiger partial charge in [-0.05, 0) is 48.2 Å². The standard InChI is InChI=1S/C22H27ClN4O.HI/c1-24-21(25-14-16-7-9-17(10-8-16)20(28)27(2)3)26-15-22(11-12-22)18-5-4-6-19(23)13-18;/h4-10,13H,11-12,14-15H2,1-3H3,(H2,24,25,26);1H. The topological polar surface area (TPSA) is 56.7 Å². The van der Waals surface area contributed by atoms with Crippen LogP contribution in [0.25, 0.3) is 0 Å². The van der Waals surface area contributed by atoms with Gasteiger partial charge in [0.05, 0.1) is 0 Å². The van der Waals surface area contributed by atoms with E-state index in [1.165, 1.54) is 5.56 Å². The van der Waals surface area contributed by atoms with Crippen LogP contribution in [0.2, 0.25) is 5.02 Å². The van der Waals surface area contributed by atoms with E-state index in [1.807, 2.05) is 36.4 Å².